The average molecular weight is 353 g/mol. The van der Waals surface area contributed by atoms with Crippen molar-refractivity contribution in [1.29, 1.82) is 0 Å². The van der Waals surface area contributed by atoms with Crippen LogP contribution in [0.4, 0.5) is 5.69 Å². The van der Waals surface area contributed by atoms with Gasteiger partial charge < -0.3 is 4.74 Å². The van der Waals surface area contributed by atoms with Gasteiger partial charge in [0.05, 0.1) is 19.9 Å². The monoisotopic (exact) mass is 353 g/mol. The van der Waals surface area contributed by atoms with Crippen LogP contribution in [-0.2, 0) is 6.54 Å². The zero-order valence-corrected chi connectivity index (χ0v) is 12.0. The van der Waals surface area contributed by atoms with E-state index in [0.717, 1.165) is 11.3 Å². The second-order valence-electron chi connectivity index (χ2n) is 3.58. The number of aromatic nitrogens is 1. The van der Waals surface area contributed by atoms with E-state index in [-0.39, 0.29) is 0 Å². The van der Waals surface area contributed by atoms with Crippen molar-refractivity contribution >= 4 is 28.3 Å². The second-order valence-corrected chi connectivity index (χ2v) is 4.83. The summed E-state index contributed by atoms with van der Waals surface area (Å²) in [6.45, 7) is 0.572. The number of nitrogens with zero attached hydrogens (tertiary/aromatic N) is 3. The molecule has 0 radical (unpaired) electrons. The van der Waals surface area contributed by atoms with Crippen molar-refractivity contribution < 1.29 is 4.74 Å². The van der Waals surface area contributed by atoms with Crippen molar-refractivity contribution in [3.8, 4) is 5.88 Å². The fourth-order valence-electron chi connectivity index (χ4n) is 1.34. The molecule has 0 unspecified atom stereocenters. The van der Waals surface area contributed by atoms with Gasteiger partial charge in [-0.2, -0.15) is 10.2 Å². The Labute approximate surface area is 119 Å². The molecule has 0 bridgehead atoms. The van der Waals surface area contributed by atoms with Gasteiger partial charge in [0.2, 0.25) is 5.88 Å². The minimum Gasteiger partial charge on any atom is -0.481 e. The van der Waals surface area contributed by atoms with E-state index in [0.29, 0.717) is 12.4 Å². The first-order valence-corrected chi connectivity index (χ1v) is 6.48. The van der Waals surface area contributed by atoms with E-state index in [9.17, 15) is 0 Å². The first-order chi connectivity index (χ1) is 8.78. The Hall–Kier alpha value is -1.50. The lowest BCUT2D eigenvalue weighted by atomic mass is 10.2. The Morgan fingerprint density at radius 2 is 1.94 bits per heavy atom. The second kappa shape index (κ2) is 6.44. The number of hydrogen-bond donors (Lipinski definition) is 0. The minimum atomic E-state index is 0.572. The molecule has 0 aliphatic carbocycles. The molecule has 0 saturated carbocycles. The molecule has 1 heterocycles. The summed E-state index contributed by atoms with van der Waals surface area (Å²) in [5.41, 5.74) is 1.86. The van der Waals surface area contributed by atoms with Crippen LogP contribution in [0.2, 0.25) is 0 Å². The number of ether oxygens (including phenoxy) is 1. The van der Waals surface area contributed by atoms with Crippen molar-refractivity contribution in [2.45, 2.75) is 6.54 Å². The Balaban J connectivity index is 1.96. The maximum absolute atomic E-state index is 4.97. The summed E-state index contributed by atoms with van der Waals surface area (Å²) in [5, 5.41) is 8.24. The fraction of sp³-hybridized carbons (Fsp3) is 0.154. The lowest BCUT2D eigenvalue weighted by Crippen LogP contribution is -1.84. The summed E-state index contributed by atoms with van der Waals surface area (Å²) in [5.74, 6) is 0.576. The van der Waals surface area contributed by atoms with Crippen LogP contribution in [0.5, 0.6) is 5.88 Å². The van der Waals surface area contributed by atoms with Gasteiger partial charge in [-0.05, 0) is 46.4 Å². The molecule has 0 spiro atoms. The largest absolute Gasteiger partial charge is 0.481 e. The molecule has 0 N–H and O–H groups in total. The molecule has 0 saturated heterocycles. The van der Waals surface area contributed by atoms with Gasteiger partial charge in [0, 0.05) is 9.64 Å². The van der Waals surface area contributed by atoms with E-state index in [2.05, 4.69) is 49.9 Å². The van der Waals surface area contributed by atoms with Gasteiger partial charge >= 0.3 is 0 Å². The van der Waals surface area contributed by atoms with Gasteiger partial charge in [-0.15, -0.1) is 0 Å². The highest BCUT2D eigenvalue weighted by atomic mass is 127. The van der Waals surface area contributed by atoms with Crippen LogP contribution in [0.15, 0.2) is 52.8 Å². The molecule has 0 aliphatic heterocycles. The van der Waals surface area contributed by atoms with E-state index in [1.807, 2.05) is 18.2 Å². The van der Waals surface area contributed by atoms with Gasteiger partial charge in [-0.25, -0.2) is 4.98 Å². The third kappa shape index (κ3) is 3.76. The molecular formula is C13H12IN3O. The Bertz CT molecular complexity index is 523. The predicted octanol–water partition coefficient (Wildman–Crippen LogP) is 3.98. The molecule has 0 aliphatic rings. The molecule has 4 nitrogen and oxygen atoms in total. The minimum absolute atomic E-state index is 0.572. The molecule has 0 atom stereocenters. The van der Waals surface area contributed by atoms with Gasteiger partial charge in [0.25, 0.3) is 0 Å². The number of rotatable bonds is 4. The molecule has 92 valence electrons. The number of hydrogen-bond acceptors (Lipinski definition) is 4. The van der Waals surface area contributed by atoms with Crippen molar-refractivity contribution in [1.82, 2.24) is 4.98 Å². The summed E-state index contributed by atoms with van der Waals surface area (Å²) in [6, 6.07) is 11.8. The van der Waals surface area contributed by atoms with E-state index in [1.165, 1.54) is 3.57 Å². The number of azo groups is 1. The van der Waals surface area contributed by atoms with Gasteiger partial charge in [0.15, 0.2) is 0 Å². The van der Waals surface area contributed by atoms with E-state index >= 15 is 0 Å². The van der Waals surface area contributed by atoms with Crippen molar-refractivity contribution in [2.75, 3.05) is 7.11 Å². The Morgan fingerprint density at radius 3 is 2.56 bits per heavy atom. The highest BCUT2D eigenvalue weighted by Gasteiger charge is 1.94. The van der Waals surface area contributed by atoms with Crippen molar-refractivity contribution in [3.63, 3.8) is 0 Å². The summed E-state index contributed by atoms with van der Waals surface area (Å²) in [4.78, 5) is 4.06. The number of methoxy groups -OCH3 is 1. The summed E-state index contributed by atoms with van der Waals surface area (Å²) in [6.07, 6.45) is 1.64. The van der Waals surface area contributed by atoms with Crippen LogP contribution < -0.4 is 4.74 Å². The average Bonchev–Trinajstić information content (AvgIpc) is 2.42. The highest BCUT2D eigenvalue weighted by Crippen LogP contribution is 2.15. The van der Waals surface area contributed by atoms with Crippen LogP contribution in [0.1, 0.15) is 5.56 Å². The smallest absolute Gasteiger partial charge is 0.213 e. The molecule has 2 aromatic rings. The van der Waals surface area contributed by atoms with Gasteiger partial charge in [-0.3, -0.25) is 0 Å². The third-order valence-corrected chi connectivity index (χ3v) is 3.00. The fourth-order valence-corrected chi connectivity index (χ4v) is 1.70. The highest BCUT2D eigenvalue weighted by molar-refractivity contribution is 14.1. The normalized spacial score (nSPS) is 10.8. The Kier molecular flexibility index (Phi) is 4.63. The lowest BCUT2D eigenvalue weighted by Gasteiger charge is -1.98. The molecule has 18 heavy (non-hydrogen) atoms. The lowest BCUT2D eigenvalue weighted by molar-refractivity contribution is 0.398. The Morgan fingerprint density at radius 1 is 1.17 bits per heavy atom. The maximum Gasteiger partial charge on any atom is 0.213 e. The molecule has 0 amide bonds. The summed E-state index contributed by atoms with van der Waals surface area (Å²) < 4.78 is 6.19. The number of pyridine rings is 1. The van der Waals surface area contributed by atoms with E-state index in [4.69, 9.17) is 4.74 Å². The van der Waals surface area contributed by atoms with Crippen LogP contribution in [0, 0.1) is 3.57 Å². The number of benzene rings is 1. The van der Waals surface area contributed by atoms with E-state index in [1.54, 1.807) is 19.4 Å². The van der Waals surface area contributed by atoms with Crippen LogP contribution in [0.25, 0.3) is 0 Å². The number of halogens is 1. The summed E-state index contributed by atoms with van der Waals surface area (Å²) >= 11 is 2.28. The molecular weight excluding hydrogens is 341 g/mol. The molecule has 2 rings (SSSR count). The SMILES string of the molecule is COc1ccc(N=NCc2ccc(I)cc2)cn1. The van der Waals surface area contributed by atoms with Crippen LogP contribution >= 0.6 is 22.6 Å². The predicted molar refractivity (Wildman–Crippen MR) is 78.2 cm³/mol. The zero-order valence-electron chi connectivity index (χ0n) is 9.88. The van der Waals surface area contributed by atoms with Gasteiger partial charge in [0.1, 0.15) is 5.69 Å². The van der Waals surface area contributed by atoms with Crippen molar-refractivity contribution in [2.24, 2.45) is 10.2 Å². The molecule has 5 heteroatoms. The van der Waals surface area contributed by atoms with Crippen LogP contribution in [0.3, 0.4) is 0 Å². The van der Waals surface area contributed by atoms with Crippen LogP contribution in [-0.4, -0.2) is 12.1 Å². The standard InChI is InChI=1S/C13H12IN3O/c1-18-13-7-6-12(9-15-13)17-16-8-10-2-4-11(14)5-3-10/h2-7,9H,8H2,1H3. The van der Waals surface area contributed by atoms with Gasteiger partial charge in [-0.1, -0.05) is 12.1 Å². The topological polar surface area (TPSA) is 46.8 Å². The van der Waals surface area contributed by atoms with E-state index < -0.39 is 0 Å². The quantitative estimate of drug-likeness (QED) is 0.617. The maximum atomic E-state index is 4.97. The molecule has 1 aromatic carbocycles. The summed E-state index contributed by atoms with van der Waals surface area (Å²) in [7, 11) is 1.58. The molecule has 1 aromatic heterocycles. The third-order valence-electron chi connectivity index (χ3n) is 2.28. The van der Waals surface area contributed by atoms with Crippen molar-refractivity contribution in [3.05, 3.63) is 51.7 Å². The zero-order chi connectivity index (χ0) is 12.8. The first-order valence-electron chi connectivity index (χ1n) is 5.40. The molecule has 0 fully saturated rings. The first kappa shape index (κ1) is 12.9.